The molecule has 0 aliphatic heterocycles. The molecule has 25 heavy (non-hydrogen) atoms. The molecule has 0 radical (unpaired) electrons. The van der Waals surface area contributed by atoms with Gasteiger partial charge in [0.15, 0.2) is 9.84 Å². The summed E-state index contributed by atoms with van der Waals surface area (Å²) in [5.74, 6) is -0.831. The van der Waals surface area contributed by atoms with Crippen molar-refractivity contribution in [3.05, 3.63) is 59.7 Å². The fraction of sp³-hybridized carbons (Fsp3) is 0.222. The molecular formula is C18H18N2O4S. The highest BCUT2D eigenvalue weighted by molar-refractivity contribution is 7.90. The van der Waals surface area contributed by atoms with Crippen LogP contribution < -0.4 is 10.6 Å². The second kappa shape index (κ2) is 6.68. The second-order valence-electron chi connectivity index (χ2n) is 6.02. The van der Waals surface area contributed by atoms with Crippen LogP contribution in [0.2, 0.25) is 0 Å². The quantitative estimate of drug-likeness (QED) is 0.857. The van der Waals surface area contributed by atoms with Gasteiger partial charge in [0.25, 0.3) is 11.8 Å². The topological polar surface area (TPSA) is 92.3 Å². The van der Waals surface area contributed by atoms with Crippen LogP contribution in [0, 0.1) is 0 Å². The first-order chi connectivity index (χ1) is 11.9. The Kier molecular flexibility index (Phi) is 4.59. The molecule has 0 heterocycles. The molecule has 2 N–H and O–H groups in total. The lowest BCUT2D eigenvalue weighted by Crippen LogP contribution is -2.27. The predicted molar refractivity (Wildman–Crippen MR) is 94.4 cm³/mol. The van der Waals surface area contributed by atoms with Crippen molar-refractivity contribution in [2.45, 2.75) is 23.8 Å². The maximum atomic E-state index is 12.6. The van der Waals surface area contributed by atoms with E-state index in [2.05, 4.69) is 10.6 Å². The molecule has 0 atom stereocenters. The van der Waals surface area contributed by atoms with E-state index >= 15 is 0 Å². The molecule has 1 saturated carbocycles. The zero-order valence-corrected chi connectivity index (χ0v) is 14.5. The molecule has 1 aliphatic rings. The Hall–Kier alpha value is -2.67. The van der Waals surface area contributed by atoms with Gasteiger partial charge in [0.1, 0.15) is 0 Å². The summed E-state index contributed by atoms with van der Waals surface area (Å²) in [5.41, 5.74) is 0.732. The molecule has 2 amide bonds. The van der Waals surface area contributed by atoms with Crippen LogP contribution in [0.3, 0.4) is 0 Å². The molecule has 0 bridgehead atoms. The van der Waals surface area contributed by atoms with Gasteiger partial charge in [-0.25, -0.2) is 8.42 Å². The van der Waals surface area contributed by atoms with E-state index in [4.69, 9.17) is 0 Å². The molecule has 1 aliphatic carbocycles. The molecule has 0 aromatic heterocycles. The monoisotopic (exact) mass is 358 g/mol. The molecule has 130 valence electrons. The average Bonchev–Trinajstić information content (AvgIpc) is 3.38. The molecular weight excluding hydrogens is 340 g/mol. The second-order valence-corrected chi connectivity index (χ2v) is 8.00. The number of benzene rings is 2. The molecule has 1 fully saturated rings. The van der Waals surface area contributed by atoms with E-state index < -0.39 is 15.7 Å². The fourth-order valence-electron chi connectivity index (χ4n) is 2.45. The van der Waals surface area contributed by atoms with Crippen LogP contribution >= 0.6 is 0 Å². The number of sulfone groups is 1. The minimum Gasteiger partial charge on any atom is -0.349 e. The molecule has 7 heteroatoms. The molecule has 0 saturated heterocycles. The summed E-state index contributed by atoms with van der Waals surface area (Å²) in [4.78, 5) is 24.8. The number of hydrogen-bond donors (Lipinski definition) is 2. The number of nitrogens with one attached hydrogen (secondary N) is 2. The number of amides is 2. The lowest BCUT2D eigenvalue weighted by Gasteiger charge is -2.12. The standard InChI is InChI=1S/C18H18N2O4S/c1-25(23,24)16-9-5-3-7-14(16)18(22)20-15-8-4-2-6-13(15)17(21)19-12-10-11-12/h2-9,12H,10-11H2,1H3,(H,19,21)(H,20,22). The normalized spacial score (nSPS) is 14.0. The van der Waals surface area contributed by atoms with E-state index in [0.717, 1.165) is 19.1 Å². The Morgan fingerprint density at radius 2 is 1.52 bits per heavy atom. The Bertz CT molecular complexity index is 934. The molecule has 3 rings (SSSR count). The van der Waals surface area contributed by atoms with Gasteiger partial charge >= 0.3 is 0 Å². The molecule has 2 aromatic rings. The first-order valence-corrected chi connectivity index (χ1v) is 9.76. The van der Waals surface area contributed by atoms with E-state index in [0.29, 0.717) is 11.3 Å². The van der Waals surface area contributed by atoms with E-state index in [-0.39, 0.29) is 22.4 Å². The average molecular weight is 358 g/mol. The van der Waals surface area contributed by atoms with Crippen LogP contribution in [-0.2, 0) is 9.84 Å². The largest absolute Gasteiger partial charge is 0.349 e. The lowest BCUT2D eigenvalue weighted by atomic mass is 10.1. The van der Waals surface area contributed by atoms with Gasteiger partial charge < -0.3 is 10.6 Å². The van der Waals surface area contributed by atoms with Crippen molar-refractivity contribution < 1.29 is 18.0 Å². The first-order valence-electron chi connectivity index (χ1n) is 7.86. The maximum absolute atomic E-state index is 12.6. The lowest BCUT2D eigenvalue weighted by molar-refractivity contribution is 0.0952. The van der Waals surface area contributed by atoms with Crippen molar-refractivity contribution in [1.82, 2.24) is 5.32 Å². The number of rotatable bonds is 5. The third kappa shape index (κ3) is 4.06. The minimum atomic E-state index is -3.54. The Morgan fingerprint density at radius 3 is 2.16 bits per heavy atom. The van der Waals surface area contributed by atoms with Crippen molar-refractivity contribution >= 4 is 27.3 Å². The van der Waals surface area contributed by atoms with Gasteiger partial charge in [0.05, 0.1) is 21.7 Å². The van der Waals surface area contributed by atoms with Crippen molar-refractivity contribution in [1.29, 1.82) is 0 Å². The van der Waals surface area contributed by atoms with Gasteiger partial charge in [-0.2, -0.15) is 0 Å². The summed E-state index contributed by atoms with van der Waals surface area (Å²) in [6, 6.07) is 12.8. The van der Waals surface area contributed by atoms with E-state index in [1.807, 2.05) is 0 Å². The van der Waals surface area contributed by atoms with Crippen molar-refractivity contribution in [3.8, 4) is 0 Å². The number of carbonyl (C=O) groups excluding carboxylic acids is 2. The number of anilines is 1. The van der Waals surface area contributed by atoms with E-state index in [9.17, 15) is 18.0 Å². The molecule has 0 unspecified atom stereocenters. The summed E-state index contributed by atoms with van der Waals surface area (Å²) in [6.45, 7) is 0. The van der Waals surface area contributed by atoms with Gasteiger partial charge in [-0.15, -0.1) is 0 Å². The summed E-state index contributed by atoms with van der Waals surface area (Å²) in [5, 5.41) is 5.52. The van der Waals surface area contributed by atoms with Crippen LogP contribution in [0.1, 0.15) is 33.6 Å². The van der Waals surface area contributed by atoms with Gasteiger partial charge in [-0.05, 0) is 37.1 Å². The summed E-state index contributed by atoms with van der Waals surface area (Å²) < 4.78 is 23.7. The highest BCUT2D eigenvalue weighted by Gasteiger charge is 2.25. The van der Waals surface area contributed by atoms with Gasteiger partial charge in [0.2, 0.25) is 0 Å². The number of carbonyl (C=O) groups is 2. The van der Waals surface area contributed by atoms with Crippen LogP contribution in [0.5, 0.6) is 0 Å². The number of para-hydroxylation sites is 1. The van der Waals surface area contributed by atoms with Crippen LogP contribution in [-0.4, -0.2) is 32.5 Å². The van der Waals surface area contributed by atoms with Crippen LogP contribution in [0.15, 0.2) is 53.4 Å². The van der Waals surface area contributed by atoms with Crippen LogP contribution in [0.4, 0.5) is 5.69 Å². The van der Waals surface area contributed by atoms with Crippen molar-refractivity contribution in [2.75, 3.05) is 11.6 Å². The zero-order valence-electron chi connectivity index (χ0n) is 13.7. The fourth-order valence-corrected chi connectivity index (χ4v) is 3.33. The molecule has 2 aromatic carbocycles. The number of hydrogen-bond acceptors (Lipinski definition) is 4. The summed E-state index contributed by atoms with van der Waals surface area (Å²) >= 11 is 0. The van der Waals surface area contributed by atoms with Gasteiger partial charge in [-0.3, -0.25) is 9.59 Å². The Labute approximate surface area is 146 Å². The third-order valence-corrected chi connectivity index (χ3v) is 5.02. The maximum Gasteiger partial charge on any atom is 0.257 e. The van der Waals surface area contributed by atoms with Gasteiger partial charge in [-0.1, -0.05) is 24.3 Å². The summed E-state index contributed by atoms with van der Waals surface area (Å²) in [7, 11) is -3.54. The van der Waals surface area contributed by atoms with Crippen molar-refractivity contribution in [2.24, 2.45) is 0 Å². The third-order valence-electron chi connectivity index (χ3n) is 3.86. The zero-order chi connectivity index (χ0) is 18.0. The van der Waals surface area contributed by atoms with Crippen LogP contribution in [0.25, 0.3) is 0 Å². The molecule has 6 nitrogen and oxygen atoms in total. The predicted octanol–water partition coefficient (Wildman–Crippen LogP) is 2.23. The van der Waals surface area contributed by atoms with E-state index in [1.165, 1.54) is 12.1 Å². The van der Waals surface area contributed by atoms with Gasteiger partial charge in [0, 0.05) is 12.3 Å². The highest BCUT2D eigenvalue weighted by atomic mass is 32.2. The summed E-state index contributed by atoms with van der Waals surface area (Å²) in [6.07, 6.45) is 2.97. The highest BCUT2D eigenvalue weighted by Crippen LogP contribution is 2.23. The molecule has 0 spiro atoms. The van der Waals surface area contributed by atoms with Crippen molar-refractivity contribution in [3.63, 3.8) is 0 Å². The minimum absolute atomic E-state index is 0.0439. The SMILES string of the molecule is CS(=O)(=O)c1ccccc1C(=O)Nc1ccccc1C(=O)NC1CC1. The Morgan fingerprint density at radius 1 is 0.920 bits per heavy atom. The first kappa shape index (κ1) is 17.2. The Balaban J connectivity index is 1.88. The van der Waals surface area contributed by atoms with E-state index in [1.54, 1.807) is 36.4 Å². The smallest absolute Gasteiger partial charge is 0.257 e.